The monoisotopic (exact) mass is 358 g/mol. The van der Waals surface area contributed by atoms with E-state index < -0.39 is 11.6 Å². The minimum atomic E-state index is -0.436. The van der Waals surface area contributed by atoms with Gasteiger partial charge in [0.15, 0.2) is 0 Å². The van der Waals surface area contributed by atoms with Crippen molar-refractivity contribution in [3.8, 4) is 11.5 Å². The van der Waals surface area contributed by atoms with Crippen LogP contribution in [0.3, 0.4) is 0 Å². The molecule has 0 saturated heterocycles. The van der Waals surface area contributed by atoms with Gasteiger partial charge in [0.2, 0.25) is 11.6 Å². The first kappa shape index (κ1) is 18.1. The van der Waals surface area contributed by atoms with Crippen molar-refractivity contribution in [2.45, 2.75) is 6.42 Å². The van der Waals surface area contributed by atoms with Crippen molar-refractivity contribution in [3.05, 3.63) is 101 Å². The fourth-order valence-electron chi connectivity index (χ4n) is 2.69. The predicted octanol–water partition coefficient (Wildman–Crippen LogP) is 4.15. The first-order valence-corrected chi connectivity index (χ1v) is 8.44. The molecule has 27 heavy (non-hydrogen) atoms. The number of carbonyl (C=O) groups is 2. The Morgan fingerprint density at radius 3 is 1.70 bits per heavy atom. The van der Waals surface area contributed by atoms with E-state index in [1.807, 2.05) is 36.4 Å². The van der Waals surface area contributed by atoms with Gasteiger partial charge in [-0.1, -0.05) is 54.6 Å². The SMILES string of the molecule is O=C1C=Cc2ccccc2C1=O.Oc1ccc(Cc2ccc(O)cc2)cc1. The van der Waals surface area contributed by atoms with Crippen LogP contribution in [0.4, 0.5) is 0 Å². The van der Waals surface area contributed by atoms with Gasteiger partial charge in [0.1, 0.15) is 11.5 Å². The summed E-state index contributed by atoms with van der Waals surface area (Å²) in [6, 6.07) is 21.3. The lowest BCUT2D eigenvalue weighted by Gasteiger charge is -2.06. The third-order valence-corrected chi connectivity index (χ3v) is 4.12. The number of phenols is 2. The van der Waals surface area contributed by atoms with E-state index in [0.717, 1.165) is 23.1 Å². The average Bonchev–Trinajstić information content (AvgIpc) is 2.69. The van der Waals surface area contributed by atoms with Gasteiger partial charge in [0.25, 0.3) is 0 Å². The van der Waals surface area contributed by atoms with E-state index >= 15 is 0 Å². The van der Waals surface area contributed by atoms with Gasteiger partial charge >= 0.3 is 0 Å². The van der Waals surface area contributed by atoms with Crippen molar-refractivity contribution in [1.29, 1.82) is 0 Å². The largest absolute Gasteiger partial charge is 0.508 e. The predicted molar refractivity (Wildman–Crippen MR) is 104 cm³/mol. The highest BCUT2D eigenvalue weighted by Gasteiger charge is 2.19. The van der Waals surface area contributed by atoms with E-state index in [0.29, 0.717) is 5.56 Å². The van der Waals surface area contributed by atoms with Crippen LogP contribution in [0.2, 0.25) is 0 Å². The summed E-state index contributed by atoms with van der Waals surface area (Å²) in [5, 5.41) is 18.3. The van der Waals surface area contributed by atoms with Gasteiger partial charge in [-0.2, -0.15) is 0 Å². The molecule has 1 aliphatic carbocycles. The molecule has 0 aromatic heterocycles. The topological polar surface area (TPSA) is 74.6 Å². The highest BCUT2D eigenvalue weighted by molar-refractivity contribution is 6.49. The number of phenolic OH excluding ortho intramolecular Hbond substituents is 2. The quantitative estimate of drug-likeness (QED) is 0.675. The Kier molecular flexibility index (Phi) is 5.47. The molecule has 2 N–H and O–H groups in total. The minimum absolute atomic E-state index is 0.282. The van der Waals surface area contributed by atoms with Crippen molar-refractivity contribution in [2.75, 3.05) is 0 Å². The number of aromatic hydroxyl groups is 2. The molecule has 0 unspecified atom stereocenters. The second kappa shape index (κ2) is 8.15. The molecule has 0 fully saturated rings. The van der Waals surface area contributed by atoms with Crippen LogP contribution in [-0.2, 0) is 11.2 Å². The standard InChI is InChI=1S/C13H12O2.C10H6O2/c14-12-5-1-10(2-6-12)9-11-3-7-13(15)8-4-11;11-9-6-5-7-3-1-2-4-8(7)10(9)12/h1-8,14-15H,9H2;1-6H. The second-order valence-corrected chi connectivity index (χ2v) is 6.12. The molecule has 0 atom stereocenters. The number of carbonyl (C=O) groups excluding carboxylic acids is 2. The van der Waals surface area contributed by atoms with E-state index in [4.69, 9.17) is 10.2 Å². The molecule has 0 radical (unpaired) electrons. The maximum absolute atomic E-state index is 11.2. The zero-order valence-corrected chi connectivity index (χ0v) is 14.5. The number of fused-ring (bicyclic) bond motifs is 1. The van der Waals surface area contributed by atoms with Crippen molar-refractivity contribution >= 4 is 17.6 Å². The van der Waals surface area contributed by atoms with Crippen molar-refractivity contribution in [1.82, 2.24) is 0 Å². The molecule has 4 rings (SSSR count). The number of Topliss-reactive ketones (excluding diaryl/α,β-unsaturated/α-hetero) is 1. The molecular formula is C23H18O4. The summed E-state index contributed by atoms with van der Waals surface area (Å²) in [4.78, 5) is 22.1. The maximum Gasteiger partial charge on any atom is 0.233 e. The van der Waals surface area contributed by atoms with Gasteiger partial charge < -0.3 is 10.2 Å². The molecule has 1 aliphatic rings. The molecule has 0 amide bonds. The Morgan fingerprint density at radius 2 is 1.15 bits per heavy atom. The van der Waals surface area contributed by atoms with Gasteiger partial charge in [-0.25, -0.2) is 0 Å². The smallest absolute Gasteiger partial charge is 0.233 e. The zero-order valence-electron chi connectivity index (χ0n) is 14.5. The van der Waals surface area contributed by atoms with Gasteiger partial charge in [0, 0.05) is 5.56 Å². The summed E-state index contributed by atoms with van der Waals surface area (Å²) in [6.07, 6.45) is 3.78. The number of rotatable bonds is 2. The van der Waals surface area contributed by atoms with Crippen LogP contribution < -0.4 is 0 Å². The average molecular weight is 358 g/mol. The van der Waals surface area contributed by atoms with Crippen LogP contribution in [0.5, 0.6) is 11.5 Å². The summed E-state index contributed by atoms with van der Waals surface area (Å²) in [5.41, 5.74) is 3.60. The molecule has 0 heterocycles. The first-order chi connectivity index (χ1) is 13.0. The molecule has 4 nitrogen and oxygen atoms in total. The molecule has 3 aromatic rings. The normalized spacial score (nSPS) is 12.1. The van der Waals surface area contributed by atoms with Crippen molar-refractivity contribution in [2.24, 2.45) is 0 Å². The highest BCUT2D eigenvalue weighted by atomic mass is 16.3. The number of hydrogen-bond donors (Lipinski definition) is 2. The third-order valence-electron chi connectivity index (χ3n) is 4.12. The van der Waals surface area contributed by atoms with Gasteiger partial charge in [-0.3, -0.25) is 9.59 Å². The summed E-state index contributed by atoms with van der Waals surface area (Å²) in [7, 11) is 0. The lowest BCUT2D eigenvalue weighted by molar-refractivity contribution is -0.110. The lowest BCUT2D eigenvalue weighted by Crippen LogP contribution is -2.15. The Labute approximate surface area is 157 Å². The summed E-state index contributed by atoms with van der Waals surface area (Å²) >= 11 is 0. The summed E-state index contributed by atoms with van der Waals surface area (Å²) in [6.45, 7) is 0. The molecule has 134 valence electrons. The van der Waals surface area contributed by atoms with Crippen LogP contribution in [-0.4, -0.2) is 21.8 Å². The van der Waals surface area contributed by atoms with Crippen molar-refractivity contribution in [3.63, 3.8) is 0 Å². The van der Waals surface area contributed by atoms with E-state index in [9.17, 15) is 9.59 Å². The van der Waals surface area contributed by atoms with E-state index in [2.05, 4.69) is 0 Å². The zero-order chi connectivity index (χ0) is 19.2. The number of benzene rings is 3. The number of hydrogen-bond acceptors (Lipinski definition) is 4. The third kappa shape index (κ3) is 4.70. The molecule has 0 spiro atoms. The summed E-state index contributed by atoms with van der Waals surface area (Å²) in [5.74, 6) is -0.282. The van der Waals surface area contributed by atoms with Crippen LogP contribution in [0.1, 0.15) is 27.0 Å². The molecule has 0 bridgehead atoms. The van der Waals surface area contributed by atoms with Crippen LogP contribution in [0.15, 0.2) is 78.9 Å². The number of ketones is 2. The highest BCUT2D eigenvalue weighted by Crippen LogP contribution is 2.17. The fourth-order valence-corrected chi connectivity index (χ4v) is 2.69. The molecule has 4 heteroatoms. The Morgan fingerprint density at radius 1 is 0.630 bits per heavy atom. The van der Waals surface area contributed by atoms with Gasteiger partial charge in [0.05, 0.1) is 0 Å². The molecular weight excluding hydrogens is 340 g/mol. The Bertz CT molecular complexity index is 940. The Balaban J connectivity index is 0.000000159. The Hall–Kier alpha value is -3.66. The lowest BCUT2D eigenvalue weighted by atomic mass is 9.96. The first-order valence-electron chi connectivity index (χ1n) is 8.44. The van der Waals surface area contributed by atoms with Gasteiger partial charge in [-0.05, 0) is 53.5 Å². The van der Waals surface area contributed by atoms with Gasteiger partial charge in [-0.15, -0.1) is 0 Å². The number of allylic oxidation sites excluding steroid dienone is 1. The minimum Gasteiger partial charge on any atom is -0.508 e. The molecule has 0 saturated carbocycles. The van der Waals surface area contributed by atoms with E-state index in [1.54, 1.807) is 42.5 Å². The molecule has 0 aliphatic heterocycles. The van der Waals surface area contributed by atoms with Crippen LogP contribution in [0, 0.1) is 0 Å². The van der Waals surface area contributed by atoms with E-state index in [1.165, 1.54) is 6.08 Å². The van der Waals surface area contributed by atoms with E-state index in [-0.39, 0.29) is 11.5 Å². The second-order valence-electron chi connectivity index (χ2n) is 6.12. The maximum atomic E-state index is 11.2. The van der Waals surface area contributed by atoms with Crippen LogP contribution >= 0.6 is 0 Å². The summed E-state index contributed by atoms with van der Waals surface area (Å²) < 4.78 is 0. The molecule has 3 aromatic carbocycles. The fraction of sp³-hybridized carbons (Fsp3) is 0.0435. The van der Waals surface area contributed by atoms with Crippen LogP contribution in [0.25, 0.3) is 6.08 Å². The van der Waals surface area contributed by atoms with Crippen molar-refractivity contribution < 1.29 is 19.8 Å².